The van der Waals surface area contributed by atoms with Gasteiger partial charge in [0.25, 0.3) is 5.91 Å². The molecule has 27 heavy (non-hydrogen) atoms. The third-order valence-electron chi connectivity index (χ3n) is 4.89. The number of pyridine rings is 1. The van der Waals surface area contributed by atoms with Crippen molar-refractivity contribution in [2.45, 2.75) is 25.4 Å². The number of hydrogen-bond donors (Lipinski definition) is 1. The van der Waals surface area contributed by atoms with Crippen LogP contribution < -0.4 is 5.32 Å². The second-order valence-corrected chi connectivity index (χ2v) is 6.64. The summed E-state index contributed by atoms with van der Waals surface area (Å²) in [7, 11) is 0. The summed E-state index contributed by atoms with van der Waals surface area (Å²) in [6, 6.07) is 7.67. The Morgan fingerprint density at radius 3 is 2.81 bits per heavy atom. The van der Waals surface area contributed by atoms with Crippen LogP contribution in [0.5, 0.6) is 0 Å². The van der Waals surface area contributed by atoms with Crippen LogP contribution in [0.1, 0.15) is 23.2 Å². The summed E-state index contributed by atoms with van der Waals surface area (Å²) in [6.45, 7) is 1.35. The molecule has 3 heterocycles. The van der Waals surface area contributed by atoms with E-state index >= 15 is 0 Å². The summed E-state index contributed by atoms with van der Waals surface area (Å²) in [5, 5.41) is 12.2. The second-order valence-electron chi connectivity index (χ2n) is 6.64. The van der Waals surface area contributed by atoms with Crippen molar-refractivity contribution >= 4 is 22.6 Å². The molecule has 1 aliphatic rings. The van der Waals surface area contributed by atoms with Crippen LogP contribution in [0.25, 0.3) is 10.8 Å². The number of nitrogens with zero attached hydrogens (tertiary/aromatic N) is 5. The summed E-state index contributed by atoms with van der Waals surface area (Å²) < 4.78 is 1.65. The largest absolute Gasteiger partial charge is 0.350 e. The van der Waals surface area contributed by atoms with Gasteiger partial charge in [0.1, 0.15) is 19.2 Å². The third-order valence-corrected chi connectivity index (χ3v) is 4.89. The van der Waals surface area contributed by atoms with Gasteiger partial charge in [0.15, 0.2) is 0 Å². The van der Waals surface area contributed by atoms with E-state index in [0.29, 0.717) is 18.7 Å². The van der Waals surface area contributed by atoms with Crippen molar-refractivity contribution in [2.75, 3.05) is 13.1 Å². The maximum atomic E-state index is 12.7. The molecule has 2 amide bonds. The molecule has 1 aliphatic heterocycles. The van der Waals surface area contributed by atoms with Crippen LogP contribution in [0, 0.1) is 0 Å². The van der Waals surface area contributed by atoms with Gasteiger partial charge in [-0.05, 0) is 18.2 Å². The highest BCUT2D eigenvalue weighted by molar-refractivity contribution is 6.06. The molecule has 2 aromatic heterocycles. The second kappa shape index (κ2) is 7.53. The van der Waals surface area contributed by atoms with Gasteiger partial charge in [-0.15, -0.1) is 10.2 Å². The van der Waals surface area contributed by atoms with Crippen molar-refractivity contribution in [1.29, 1.82) is 0 Å². The van der Waals surface area contributed by atoms with Gasteiger partial charge in [-0.3, -0.25) is 14.6 Å². The van der Waals surface area contributed by atoms with E-state index in [2.05, 4.69) is 20.5 Å². The maximum Gasteiger partial charge on any atom is 0.253 e. The van der Waals surface area contributed by atoms with Gasteiger partial charge >= 0.3 is 0 Å². The van der Waals surface area contributed by atoms with Crippen LogP contribution in [0.2, 0.25) is 0 Å². The molecule has 0 radical (unpaired) electrons. The van der Waals surface area contributed by atoms with Gasteiger partial charge in [0, 0.05) is 36.9 Å². The maximum absolute atomic E-state index is 12.7. The molecule has 0 bridgehead atoms. The number of hydrogen-bond acceptors (Lipinski definition) is 5. The molecule has 1 N–H and O–H groups in total. The van der Waals surface area contributed by atoms with Crippen LogP contribution in [-0.4, -0.2) is 55.6 Å². The van der Waals surface area contributed by atoms with E-state index in [1.807, 2.05) is 29.2 Å². The highest BCUT2D eigenvalue weighted by atomic mass is 16.2. The lowest BCUT2D eigenvalue weighted by Crippen LogP contribution is -2.44. The van der Waals surface area contributed by atoms with E-state index in [9.17, 15) is 9.59 Å². The van der Waals surface area contributed by atoms with Gasteiger partial charge in [0.2, 0.25) is 5.91 Å². The first-order valence-electron chi connectivity index (χ1n) is 8.95. The lowest BCUT2D eigenvalue weighted by Gasteiger charge is -2.25. The summed E-state index contributed by atoms with van der Waals surface area (Å²) in [4.78, 5) is 31.2. The van der Waals surface area contributed by atoms with Crippen LogP contribution in [0.15, 0.2) is 49.3 Å². The molecule has 0 unspecified atom stereocenters. The number of aromatic nitrogens is 4. The van der Waals surface area contributed by atoms with Gasteiger partial charge < -0.3 is 14.8 Å². The molecule has 138 valence electrons. The number of carbonyl (C=O) groups excluding carboxylic acids is 2. The molecule has 8 nitrogen and oxygen atoms in total. The number of likely N-dealkylation sites (tertiary alicyclic amines) is 1. The molecular formula is C19H20N6O2. The van der Waals surface area contributed by atoms with Gasteiger partial charge in [-0.2, -0.15) is 0 Å². The molecule has 1 fully saturated rings. The fraction of sp³-hybridized carbons (Fsp3) is 0.316. The minimum atomic E-state index is -0.169. The molecule has 1 atom stereocenters. The Labute approximate surface area is 156 Å². The first kappa shape index (κ1) is 17.1. The molecule has 1 aromatic carbocycles. The van der Waals surface area contributed by atoms with Crippen LogP contribution in [0.3, 0.4) is 0 Å². The number of carbonyl (C=O) groups is 2. The summed E-state index contributed by atoms with van der Waals surface area (Å²) in [5.41, 5.74) is 0.550. The zero-order valence-electron chi connectivity index (χ0n) is 14.8. The van der Waals surface area contributed by atoms with Crippen molar-refractivity contribution in [3.05, 3.63) is 54.9 Å². The van der Waals surface area contributed by atoms with Gasteiger partial charge in [0.05, 0.1) is 5.56 Å². The average Bonchev–Trinajstić information content (AvgIpc) is 3.37. The number of rotatable bonds is 5. The zero-order valence-corrected chi connectivity index (χ0v) is 14.8. The van der Waals surface area contributed by atoms with Crippen LogP contribution in [-0.2, 0) is 11.3 Å². The first-order valence-corrected chi connectivity index (χ1v) is 8.95. The average molecular weight is 364 g/mol. The predicted octanol–water partition coefficient (Wildman–Crippen LogP) is 1.25. The fourth-order valence-corrected chi connectivity index (χ4v) is 3.53. The van der Waals surface area contributed by atoms with Crippen molar-refractivity contribution < 1.29 is 9.59 Å². The summed E-state index contributed by atoms with van der Waals surface area (Å²) in [6.07, 6.45) is 8.19. The van der Waals surface area contributed by atoms with Crippen molar-refractivity contribution in [3.8, 4) is 0 Å². The Hall–Kier alpha value is -3.29. The number of benzene rings is 1. The van der Waals surface area contributed by atoms with E-state index in [-0.39, 0.29) is 24.4 Å². The Kier molecular flexibility index (Phi) is 4.78. The molecule has 3 aromatic rings. The van der Waals surface area contributed by atoms with Crippen LogP contribution in [0.4, 0.5) is 0 Å². The number of fused-ring (bicyclic) bond motifs is 1. The first-order chi connectivity index (χ1) is 13.2. The minimum Gasteiger partial charge on any atom is -0.350 e. The Morgan fingerprint density at radius 2 is 1.96 bits per heavy atom. The summed E-state index contributed by atoms with van der Waals surface area (Å²) >= 11 is 0. The Morgan fingerprint density at radius 1 is 1.15 bits per heavy atom. The molecule has 1 saturated heterocycles. The number of amides is 2. The van der Waals surface area contributed by atoms with E-state index in [1.54, 1.807) is 17.0 Å². The quantitative estimate of drug-likeness (QED) is 0.735. The topological polar surface area (TPSA) is 93.0 Å². The molecule has 0 saturated carbocycles. The highest BCUT2D eigenvalue weighted by Gasteiger charge is 2.29. The Bertz CT molecular complexity index is 951. The molecule has 0 aliphatic carbocycles. The lowest BCUT2D eigenvalue weighted by atomic mass is 10.1. The van der Waals surface area contributed by atoms with Gasteiger partial charge in [-0.25, -0.2) is 0 Å². The van der Waals surface area contributed by atoms with E-state index in [0.717, 1.165) is 23.6 Å². The molecular weight excluding hydrogens is 344 g/mol. The molecule has 8 heteroatoms. The predicted molar refractivity (Wildman–Crippen MR) is 98.8 cm³/mol. The minimum absolute atomic E-state index is 0.000802. The smallest absolute Gasteiger partial charge is 0.253 e. The van der Waals surface area contributed by atoms with Crippen molar-refractivity contribution in [1.82, 2.24) is 30.0 Å². The van der Waals surface area contributed by atoms with Gasteiger partial charge in [-0.1, -0.05) is 24.3 Å². The Balaban J connectivity index is 1.41. The molecule has 0 spiro atoms. The monoisotopic (exact) mass is 364 g/mol. The van der Waals surface area contributed by atoms with E-state index in [4.69, 9.17) is 0 Å². The third kappa shape index (κ3) is 3.64. The normalized spacial score (nSPS) is 16.6. The highest BCUT2D eigenvalue weighted by Crippen LogP contribution is 2.19. The lowest BCUT2D eigenvalue weighted by molar-refractivity contribution is -0.132. The van der Waals surface area contributed by atoms with E-state index in [1.165, 1.54) is 12.7 Å². The molecule has 4 rings (SSSR count). The van der Waals surface area contributed by atoms with Crippen molar-refractivity contribution in [3.63, 3.8) is 0 Å². The number of nitrogens with one attached hydrogen (secondary N) is 1. The van der Waals surface area contributed by atoms with Crippen molar-refractivity contribution in [2.24, 2.45) is 0 Å². The summed E-state index contributed by atoms with van der Waals surface area (Å²) in [5.74, 6) is -0.157. The SMILES string of the molecule is O=C(NC[C@@H]1CCCN1C(=O)Cn1cnnc1)c1cncc2ccccc12. The standard InChI is InChI=1S/C19H20N6O2/c26-18(11-24-12-22-23-13-24)25-7-3-5-15(25)9-21-19(27)17-10-20-8-14-4-1-2-6-16(14)17/h1-2,4,6,8,10,12-13,15H,3,5,7,9,11H2,(H,21,27)/t15-/m0/s1. The zero-order chi connectivity index (χ0) is 18.6. The van der Waals surface area contributed by atoms with Crippen LogP contribution >= 0.6 is 0 Å². The van der Waals surface area contributed by atoms with E-state index < -0.39 is 0 Å². The fourth-order valence-electron chi connectivity index (χ4n) is 3.53.